The minimum Gasteiger partial charge on any atom is -0.481 e. The molecule has 5 rings (SSSR count). The Bertz CT molecular complexity index is 1160. The molecule has 1 aliphatic rings. The Kier molecular flexibility index (Phi) is 6.98. The fourth-order valence-electron chi connectivity index (χ4n) is 4.20. The van der Waals surface area contributed by atoms with E-state index in [1.807, 2.05) is 48.5 Å². The Labute approximate surface area is 194 Å². The molecule has 0 radical (unpaired) electrons. The first kappa shape index (κ1) is 22.5. The Morgan fingerprint density at radius 2 is 1.21 bits per heavy atom. The van der Waals surface area contributed by atoms with E-state index in [9.17, 15) is 4.79 Å². The van der Waals surface area contributed by atoms with Crippen molar-refractivity contribution in [2.24, 2.45) is 5.73 Å². The second-order valence-corrected chi connectivity index (χ2v) is 7.95. The lowest BCUT2D eigenvalue weighted by molar-refractivity contribution is -0.138. The Balaban J connectivity index is 0.000000174. The molecule has 0 aliphatic heterocycles. The SMILES string of the molecule is NC1(c2ccccc2)c2ccccc2-c2ccccc21.O=C(O)CCOCc1ccccc1. The molecule has 0 atom stereocenters. The molecule has 0 saturated carbocycles. The maximum atomic E-state index is 10.1. The number of aliphatic carboxylic acids is 1. The second-order valence-electron chi connectivity index (χ2n) is 7.95. The molecule has 0 heterocycles. The van der Waals surface area contributed by atoms with Gasteiger partial charge in [-0.1, -0.05) is 109 Å². The third-order valence-corrected chi connectivity index (χ3v) is 5.79. The van der Waals surface area contributed by atoms with Crippen LogP contribution in [0.25, 0.3) is 11.1 Å². The van der Waals surface area contributed by atoms with Gasteiger partial charge in [0.15, 0.2) is 0 Å². The van der Waals surface area contributed by atoms with E-state index in [0.29, 0.717) is 6.61 Å². The zero-order chi connectivity index (χ0) is 23.1. The van der Waals surface area contributed by atoms with E-state index in [1.165, 1.54) is 22.3 Å². The third-order valence-electron chi connectivity index (χ3n) is 5.79. The lowest BCUT2D eigenvalue weighted by Gasteiger charge is -2.27. The van der Waals surface area contributed by atoms with Crippen molar-refractivity contribution in [3.63, 3.8) is 0 Å². The van der Waals surface area contributed by atoms with Crippen molar-refractivity contribution in [2.45, 2.75) is 18.6 Å². The molecule has 166 valence electrons. The molecule has 33 heavy (non-hydrogen) atoms. The predicted molar refractivity (Wildman–Crippen MR) is 131 cm³/mol. The van der Waals surface area contributed by atoms with E-state index >= 15 is 0 Å². The first-order valence-electron chi connectivity index (χ1n) is 11.0. The number of fused-ring (bicyclic) bond motifs is 3. The number of hydrogen-bond acceptors (Lipinski definition) is 3. The summed E-state index contributed by atoms with van der Waals surface area (Å²) in [4.78, 5) is 10.1. The summed E-state index contributed by atoms with van der Waals surface area (Å²) < 4.78 is 5.15. The number of hydrogen-bond donors (Lipinski definition) is 2. The molecular weight excluding hydrogens is 410 g/mol. The van der Waals surface area contributed by atoms with Gasteiger partial charge in [0.05, 0.1) is 25.2 Å². The van der Waals surface area contributed by atoms with Crippen LogP contribution in [0.3, 0.4) is 0 Å². The van der Waals surface area contributed by atoms with Crippen LogP contribution >= 0.6 is 0 Å². The van der Waals surface area contributed by atoms with E-state index in [2.05, 4.69) is 60.7 Å². The highest BCUT2D eigenvalue weighted by Gasteiger charge is 2.40. The van der Waals surface area contributed by atoms with Crippen molar-refractivity contribution in [1.82, 2.24) is 0 Å². The first-order valence-corrected chi connectivity index (χ1v) is 11.0. The molecule has 4 aromatic rings. The summed E-state index contributed by atoms with van der Waals surface area (Å²) >= 11 is 0. The minimum absolute atomic E-state index is 0.0623. The summed E-state index contributed by atoms with van der Waals surface area (Å²) in [5.74, 6) is -0.826. The van der Waals surface area contributed by atoms with Crippen LogP contribution in [0, 0.1) is 0 Å². The molecular formula is C29H27NO3. The number of carbonyl (C=O) groups is 1. The topological polar surface area (TPSA) is 72.6 Å². The molecule has 0 amide bonds. The molecule has 0 bridgehead atoms. The molecule has 0 fully saturated rings. The van der Waals surface area contributed by atoms with Gasteiger partial charge in [0.1, 0.15) is 0 Å². The van der Waals surface area contributed by atoms with E-state index in [0.717, 1.165) is 11.1 Å². The maximum Gasteiger partial charge on any atom is 0.305 e. The van der Waals surface area contributed by atoms with Gasteiger partial charge < -0.3 is 15.6 Å². The minimum atomic E-state index is -0.826. The number of carboxylic acids is 1. The second kappa shape index (κ2) is 10.3. The van der Waals surface area contributed by atoms with Crippen molar-refractivity contribution in [3.8, 4) is 11.1 Å². The lowest BCUT2D eigenvalue weighted by Crippen LogP contribution is -2.37. The highest BCUT2D eigenvalue weighted by molar-refractivity contribution is 5.82. The molecule has 3 N–H and O–H groups in total. The van der Waals surface area contributed by atoms with E-state index in [4.69, 9.17) is 15.6 Å². The van der Waals surface area contributed by atoms with Gasteiger partial charge >= 0.3 is 5.97 Å². The van der Waals surface area contributed by atoms with Crippen molar-refractivity contribution in [2.75, 3.05) is 6.61 Å². The quantitative estimate of drug-likeness (QED) is 0.385. The lowest BCUT2D eigenvalue weighted by atomic mass is 9.82. The molecule has 0 spiro atoms. The highest BCUT2D eigenvalue weighted by Crippen LogP contribution is 2.48. The van der Waals surface area contributed by atoms with E-state index in [-0.39, 0.29) is 13.0 Å². The average Bonchev–Trinajstić information content (AvgIpc) is 3.13. The number of ether oxygens (including phenoxy) is 1. The Morgan fingerprint density at radius 1 is 0.727 bits per heavy atom. The normalized spacial score (nSPS) is 12.8. The van der Waals surface area contributed by atoms with Crippen LogP contribution < -0.4 is 5.73 Å². The summed E-state index contributed by atoms with van der Waals surface area (Å²) in [7, 11) is 0. The summed E-state index contributed by atoms with van der Waals surface area (Å²) in [5, 5.41) is 8.33. The van der Waals surface area contributed by atoms with E-state index in [1.54, 1.807) is 0 Å². The van der Waals surface area contributed by atoms with Gasteiger partial charge in [-0.25, -0.2) is 0 Å². The number of carboxylic acid groups (broad SMARTS) is 1. The van der Waals surface area contributed by atoms with Crippen LogP contribution in [0.4, 0.5) is 0 Å². The zero-order valence-electron chi connectivity index (χ0n) is 18.4. The standard InChI is InChI=1S/C19H15N.C10H12O3/c20-19(14-8-2-1-3-9-14)17-12-6-4-10-15(17)16-11-5-7-13-18(16)19;11-10(12)6-7-13-8-9-4-2-1-3-5-9/h1-13H,20H2;1-5H,6-8H2,(H,11,12). The van der Waals surface area contributed by atoms with Crippen LogP contribution in [0.1, 0.15) is 28.7 Å². The van der Waals surface area contributed by atoms with Gasteiger partial charge in [0.2, 0.25) is 0 Å². The molecule has 4 heteroatoms. The molecule has 4 aromatic carbocycles. The van der Waals surface area contributed by atoms with Crippen LogP contribution in [0.5, 0.6) is 0 Å². The van der Waals surface area contributed by atoms with Gasteiger partial charge in [0, 0.05) is 0 Å². The third kappa shape index (κ3) is 4.87. The van der Waals surface area contributed by atoms with Crippen LogP contribution in [0.2, 0.25) is 0 Å². The monoisotopic (exact) mass is 437 g/mol. The largest absolute Gasteiger partial charge is 0.481 e. The van der Waals surface area contributed by atoms with E-state index < -0.39 is 11.5 Å². The Morgan fingerprint density at radius 3 is 1.76 bits per heavy atom. The summed E-state index contributed by atoms with van der Waals surface area (Å²) in [6.45, 7) is 0.748. The van der Waals surface area contributed by atoms with Crippen molar-refractivity contribution in [3.05, 3.63) is 131 Å². The van der Waals surface area contributed by atoms with Gasteiger partial charge in [-0.3, -0.25) is 4.79 Å². The highest BCUT2D eigenvalue weighted by atomic mass is 16.5. The smallest absolute Gasteiger partial charge is 0.305 e. The molecule has 0 aromatic heterocycles. The molecule has 0 unspecified atom stereocenters. The Hall–Kier alpha value is -3.73. The number of benzene rings is 4. The maximum absolute atomic E-state index is 10.1. The zero-order valence-corrected chi connectivity index (χ0v) is 18.4. The number of nitrogens with two attached hydrogens (primary N) is 1. The van der Waals surface area contributed by atoms with Gasteiger partial charge in [-0.05, 0) is 33.4 Å². The first-order chi connectivity index (χ1) is 16.1. The molecule has 1 aliphatic carbocycles. The summed E-state index contributed by atoms with van der Waals surface area (Å²) in [5.41, 5.74) is 13.4. The molecule has 4 nitrogen and oxygen atoms in total. The van der Waals surface area contributed by atoms with Crippen molar-refractivity contribution in [1.29, 1.82) is 0 Å². The molecule has 0 saturated heterocycles. The van der Waals surface area contributed by atoms with Crippen molar-refractivity contribution < 1.29 is 14.6 Å². The summed E-state index contributed by atoms with van der Waals surface area (Å²) in [6.07, 6.45) is 0.0623. The van der Waals surface area contributed by atoms with Gasteiger partial charge in [-0.15, -0.1) is 0 Å². The van der Waals surface area contributed by atoms with Gasteiger partial charge in [-0.2, -0.15) is 0 Å². The van der Waals surface area contributed by atoms with Crippen molar-refractivity contribution >= 4 is 5.97 Å². The predicted octanol–water partition coefficient (Wildman–Crippen LogP) is 5.60. The average molecular weight is 438 g/mol. The fourth-order valence-corrected chi connectivity index (χ4v) is 4.20. The van der Waals surface area contributed by atoms with Crippen LogP contribution in [-0.4, -0.2) is 17.7 Å². The van der Waals surface area contributed by atoms with Crippen LogP contribution in [-0.2, 0) is 21.7 Å². The summed E-state index contributed by atoms with van der Waals surface area (Å²) in [6, 6.07) is 36.9. The fraction of sp³-hybridized carbons (Fsp3) is 0.138. The number of rotatable bonds is 6. The van der Waals surface area contributed by atoms with Crippen LogP contribution in [0.15, 0.2) is 109 Å². The van der Waals surface area contributed by atoms with Gasteiger partial charge in [0.25, 0.3) is 0 Å².